The molecule has 0 fully saturated rings. The second-order valence-electron chi connectivity index (χ2n) is 9.46. The van der Waals surface area contributed by atoms with E-state index in [-0.39, 0.29) is 45.2 Å². The van der Waals surface area contributed by atoms with Gasteiger partial charge in [-0.2, -0.15) is 0 Å². The average Bonchev–Trinajstić information content (AvgIpc) is 3.14. The van der Waals surface area contributed by atoms with E-state index in [1.54, 1.807) is 13.0 Å². The fourth-order valence-electron chi connectivity index (χ4n) is 4.38. The maximum atomic E-state index is 12.8. The number of carboxylic acid groups (broad SMARTS) is 1. The van der Waals surface area contributed by atoms with Crippen LogP contribution in [0.2, 0.25) is 0 Å². The molecule has 3 rings (SSSR count). The number of fused-ring (bicyclic) bond motifs is 2. The topological polar surface area (TPSA) is 194 Å². The van der Waals surface area contributed by atoms with Gasteiger partial charge in [0.25, 0.3) is 0 Å². The van der Waals surface area contributed by atoms with Crippen molar-refractivity contribution in [3.05, 3.63) is 45.0 Å². The van der Waals surface area contributed by atoms with Gasteiger partial charge in [0.05, 0.1) is 0 Å². The number of benzene rings is 1. The second-order valence-corrected chi connectivity index (χ2v) is 9.46. The largest absolute Gasteiger partial charge is 0.481 e. The zero-order valence-corrected chi connectivity index (χ0v) is 22.3. The van der Waals surface area contributed by atoms with E-state index in [0.717, 1.165) is 22.1 Å². The summed E-state index contributed by atoms with van der Waals surface area (Å²) in [6.07, 6.45) is 0.767. The number of primary amides is 1. The van der Waals surface area contributed by atoms with Crippen LogP contribution in [0.25, 0.3) is 21.9 Å². The predicted molar refractivity (Wildman–Crippen MR) is 143 cm³/mol. The number of aliphatic carboxylic acids is 1. The lowest BCUT2D eigenvalue weighted by Crippen LogP contribution is -2.47. The van der Waals surface area contributed by atoms with Crippen LogP contribution in [-0.4, -0.2) is 48.1 Å². The number of rotatable bonds is 13. The van der Waals surface area contributed by atoms with Crippen molar-refractivity contribution in [2.75, 3.05) is 13.1 Å². The Bertz CT molecular complexity index is 1460. The molecule has 210 valence electrons. The van der Waals surface area contributed by atoms with Crippen molar-refractivity contribution >= 4 is 45.8 Å². The molecule has 12 nitrogen and oxygen atoms in total. The molecule has 0 aliphatic rings. The molecule has 1 atom stereocenters. The third-order valence-corrected chi connectivity index (χ3v) is 6.67. The van der Waals surface area contributed by atoms with Crippen LogP contribution in [0.3, 0.4) is 0 Å². The van der Waals surface area contributed by atoms with Gasteiger partial charge in [-0.3, -0.25) is 14.4 Å². The number of amides is 4. The highest BCUT2D eigenvalue weighted by atomic mass is 16.4. The van der Waals surface area contributed by atoms with Gasteiger partial charge in [0.2, 0.25) is 11.8 Å². The van der Waals surface area contributed by atoms with Crippen molar-refractivity contribution in [2.45, 2.75) is 65.3 Å². The van der Waals surface area contributed by atoms with Gasteiger partial charge in [-0.25, -0.2) is 9.59 Å². The Labute approximate surface area is 224 Å². The molecule has 3 aromatic rings. The van der Waals surface area contributed by atoms with Gasteiger partial charge in [0.1, 0.15) is 23.0 Å². The van der Waals surface area contributed by atoms with Crippen LogP contribution in [0, 0.1) is 20.8 Å². The molecule has 0 spiro atoms. The second kappa shape index (κ2) is 12.9. The Morgan fingerprint density at radius 2 is 1.59 bits per heavy atom. The van der Waals surface area contributed by atoms with Gasteiger partial charge < -0.3 is 35.6 Å². The molecule has 6 N–H and O–H groups in total. The molecule has 2 aromatic heterocycles. The van der Waals surface area contributed by atoms with Crippen molar-refractivity contribution in [1.29, 1.82) is 0 Å². The van der Waals surface area contributed by atoms with Crippen LogP contribution in [0.1, 0.15) is 54.6 Å². The molecular formula is C27H34N4O8. The summed E-state index contributed by atoms with van der Waals surface area (Å²) < 4.78 is 11.3. The molecule has 2 heterocycles. The van der Waals surface area contributed by atoms with Gasteiger partial charge in [-0.05, 0) is 63.6 Å². The van der Waals surface area contributed by atoms with Crippen LogP contribution in [0.15, 0.2) is 25.8 Å². The summed E-state index contributed by atoms with van der Waals surface area (Å²) in [5.74, 6) is -1.11. The summed E-state index contributed by atoms with van der Waals surface area (Å²) in [4.78, 5) is 59.8. The molecule has 0 aliphatic heterocycles. The SMILES string of the molecule is Cc1oc2cc3oc(=O)c(CCC(=O)NC(CCCNC(N)=O)C(=O)NCCCC(=O)O)c(C)c3cc2c1C. The number of carbonyl (C=O) groups is 4. The first-order valence-corrected chi connectivity index (χ1v) is 12.8. The van der Waals surface area contributed by atoms with E-state index in [1.165, 1.54) is 0 Å². The van der Waals surface area contributed by atoms with Crippen LogP contribution in [0.4, 0.5) is 4.79 Å². The van der Waals surface area contributed by atoms with Crippen LogP contribution in [-0.2, 0) is 20.8 Å². The zero-order valence-electron chi connectivity index (χ0n) is 22.3. The van der Waals surface area contributed by atoms with Crippen molar-refractivity contribution in [2.24, 2.45) is 5.73 Å². The quantitative estimate of drug-likeness (QED) is 0.160. The lowest BCUT2D eigenvalue weighted by Gasteiger charge is -2.19. The molecular weight excluding hydrogens is 508 g/mol. The minimum Gasteiger partial charge on any atom is -0.481 e. The van der Waals surface area contributed by atoms with E-state index < -0.39 is 35.5 Å². The number of urea groups is 1. The Hall–Kier alpha value is -4.35. The minimum absolute atomic E-state index is 0.0640. The highest BCUT2D eigenvalue weighted by Gasteiger charge is 2.22. The fraction of sp³-hybridized carbons (Fsp3) is 0.444. The third-order valence-electron chi connectivity index (χ3n) is 6.67. The number of furan rings is 1. The Morgan fingerprint density at radius 3 is 2.28 bits per heavy atom. The summed E-state index contributed by atoms with van der Waals surface area (Å²) in [5.41, 5.74) is 7.62. The zero-order chi connectivity index (χ0) is 28.7. The van der Waals surface area contributed by atoms with E-state index >= 15 is 0 Å². The maximum absolute atomic E-state index is 12.8. The van der Waals surface area contributed by atoms with E-state index in [9.17, 15) is 24.0 Å². The van der Waals surface area contributed by atoms with Gasteiger partial charge in [0, 0.05) is 48.3 Å². The van der Waals surface area contributed by atoms with E-state index in [4.69, 9.17) is 19.7 Å². The molecule has 12 heteroatoms. The summed E-state index contributed by atoms with van der Waals surface area (Å²) in [7, 11) is 0. The molecule has 4 amide bonds. The molecule has 1 unspecified atom stereocenters. The highest BCUT2D eigenvalue weighted by molar-refractivity contribution is 5.97. The first-order valence-electron chi connectivity index (χ1n) is 12.8. The highest BCUT2D eigenvalue weighted by Crippen LogP contribution is 2.31. The standard InChI is InChI=1S/C27H34N4O8/c1-14-16(3)38-21-13-22-19(12-18(14)21)15(2)17(26(36)39-22)8-9-23(32)31-20(6-4-11-30-27(28)37)25(35)29-10-5-7-24(33)34/h12-13,20H,4-11H2,1-3H3,(H,29,35)(H,31,32)(H,33,34)(H3,28,30,37). The molecule has 0 bridgehead atoms. The summed E-state index contributed by atoms with van der Waals surface area (Å²) in [6.45, 7) is 5.98. The van der Waals surface area contributed by atoms with Crippen molar-refractivity contribution < 1.29 is 33.1 Å². The van der Waals surface area contributed by atoms with Crippen LogP contribution in [0.5, 0.6) is 0 Å². The van der Waals surface area contributed by atoms with Gasteiger partial charge in [0.15, 0.2) is 0 Å². The summed E-state index contributed by atoms with van der Waals surface area (Å²) in [5, 5.41) is 18.2. The lowest BCUT2D eigenvalue weighted by atomic mass is 10.00. The number of hydrogen-bond donors (Lipinski definition) is 5. The molecule has 39 heavy (non-hydrogen) atoms. The molecule has 0 radical (unpaired) electrons. The van der Waals surface area contributed by atoms with Crippen LogP contribution >= 0.6 is 0 Å². The third kappa shape index (κ3) is 7.59. The fourth-order valence-corrected chi connectivity index (χ4v) is 4.38. The average molecular weight is 543 g/mol. The molecule has 1 aromatic carbocycles. The van der Waals surface area contributed by atoms with E-state index in [0.29, 0.717) is 28.7 Å². The van der Waals surface area contributed by atoms with Gasteiger partial charge in [-0.15, -0.1) is 0 Å². The normalized spacial score (nSPS) is 11.9. The Balaban J connectivity index is 1.69. The number of nitrogens with one attached hydrogen (secondary N) is 3. The first kappa shape index (κ1) is 29.2. The molecule has 0 saturated heterocycles. The smallest absolute Gasteiger partial charge is 0.339 e. The molecule has 0 aliphatic carbocycles. The first-order chi connectivity index (χ1) is 18.5. The van der Waals surface area contributed by atoms with E-state index in [2.05, 4.69) is 16.0 Å². The maximum Gasteiger partial charge on any atom is 0.339 e. The number of aryl methyl sites for hydroxylation is 3. The number of carboxylic acids is 1. The van der Waals surface area contributed by atoms with Crippen molar-refractivity contribution in [1.82, 2.24) is 16.0 Å². The number of nitrogens with two attached hydrogens (primary N) is 1. The van der Waals surface area contributed by atoms with Gasteiger partial charge >= 0.3 is 17.6 Å². The predicted octanol–water partition coefficient (Wildman–Crippen LogP) is 2.31. The summed E-state index contributed by atoms with van der Waals surface area (Å²) >= 11 is 0. The van der Waals surface area contributed by atoms with E-state index in [1.807, 2.05) is 19.9 Å². The Morgan fingerprint density at radius 1 is 0.923 bits per heavy atom. The lowest BCUT2D eigenvalue weighted by molar-refractivity contribution is -0.137. The minimum atomic E-state index is -0.973. The van der Waals surface area contributed by atoms with Crippen molar-refractivity contribution in [3.8, 4) is 0 Å². The number of hydrogen-bond acceptors (Lipinski definition) is 7. The monoisotopic (exact) mass is 542 g/mol. The van der Waals surface area contributed by atoms with Crippen molar-refractivity contribution in [3.63, 3.8) is 0 Å². The van der Waals surface area contributed by atoms with Crippen LogP contribution < -0.4 is 27.3 Å². The summed E-state index contributed by atoms with van der Waals surface area (Å²) in [6, 6.07) is 2.01. The molecule has 0 saturated carbocycles. The Kier molecular flexibility index (Phi) is 9.69. The number of carbonyl (C=O) groups excluding carboxylic acids is 3. The van der Waals surface area contributed by atoms with Gasteiger partial charge in [-0.1, -0.05) is 0 Å².